The normalized spacial score (nSPS) is 16.5. The van der Waals surface area contributed by atoms with Crippen LogP contribution in [0.3, 0.4) is 0 Å². The molecular weight excluding hydrogens is 517 g/mol. The zero-order valence-electron chi connectivity index (χ0n) is 20.6. The first-order chi connectivity index (χ1) is 18.8. The fourth-order valence-electron chi connectivity index (χ4n) is 4.49. The molecule has 10 nitrogen and oxygen atoms in total. The Morgan fingerprint density at radius 2 is 1.85 bits per heavy atom. The summed E-state index contributed by atoms with van der Waals surface area (Å²) in [5.41, 5.74) is 4.29. The van der Waals surface area contributed by atoms with Crippen molar-refractivity contribution in [1.29, 1.82) is 0 Å². The topological polar surface area (TPSA) is 113 Å². The molecule has 3 heterocycles. The molecular formula is C26H19F3N6O4. The number of nitrogens with one attached hydrogen (secondary N) is 2. The van der Waals surface area contributed by atoms with E-state index in [0.29, 0.717) is 10.9 Å². The molecule has 3 aromatic rings. The van der Waals surface area contributed by atoms with Gasteiger partial charge in [-0.15, -0.1) is 0 Å². The molecule has 2 aromatic heterocycles. The number of allylic oxidation sites excluding steroid dienone is 1. The van der Waals surface area contributed by atoms with Crippen LogP contribution in [-0.2, 0) is 11.3 Å². The highest BCUT2D eigenvalue weighted by atomic mass is 19.1. The third kappa shape index (κ3) is 3.83. The second-order valence-corrected chi connectivity index (χ2v) is 8.96. The number of aromatic amines is 1. The molecule has 2 aliphatic carbocycles. The van der Waals surface area contributed by atoms with Crippen LogP contribution in [0.25, 0.3) is 11.0 Å². The van der Waals surface area contributed by atoms with Gasteiger partial charge >= 0.3 is 6.03 Å². The molecule has 0 atom stereocenters. The Kier molecular flexibility index (Phi) is 5.67. The first-order valence-electron chi connectivity index (χ1n) is 11.8. The highest BCUT2D eigenvalue weighted by Crippen LogP contribution is 2.44. The summed E-state index contributed by atoms with van der Waals surface area (Å²) < 4.78 is 57.0. The number of aromatic nitrogens is 3. The van der Waals surface area contributed by atoms with Crippen molar-refractivity contribution in [3.05, 3.63) is 70.3 Å². The Morgan fingerprint density at radius 1 is 1.13 bits per heavy atom. The summed E-state index contributed by atoms with van der Waals surface area (Å²) >= 11 is 0. The maximum Gasteiger partial charge on any atom is 0.334 e. The van der Waals surface area contributed by atoms with Crippen molar-refractivity contribution in [2.75, 3.05) is 24.0 Å². The molecule has 0 radical (unpaired) electrons. The van der Waals surface area contributed by atoms with Crippen LogP contribution >= 0.6 is 0 Å². The molecule has 1 aliphatic heterocycles. The van der Waals surface area contributed by atoms with Crippen molar-refractivity contribution in [3.63, 3.8) is 0 Å². The minimum absolute atomic E-state index is 0.0528. The van der Waals surface area contributed by atoms with E-state index in [4.69, 9.17) is 9.47 Å². The molecule has 0 saturated heterocycles. The fourth-order valence-corrected chi connectivity index (χ4v) is 4.49. The van der Waals surface area contributed by atoms with E-state index in [1.54, 1.807) is 0 Å². The van der Waals surface area contributed by atoms with Crippen molar-refractivity contribution in [1.82, 2.24) is 20.5 Å². The maximum absolute atomic E-state index is 15.9. The van der Waals surface area contributed by atoms with E-state index >= 15 is 13.2 Å². The molecule has 3 aliphatic rings. The SMILES string of the molecule is COc1cc(OC)c(F)c(N2Cc3cnc4[nH]ncc4c3N(C3=C=C=CC(C(=O)NC4CC4)=C3F)C2=O)c1F. The average Bonchev–Trinajstić information content (AvgIpc) is 3.61. The summed E-state index contributed by atoms with van der Waals surface area (Å²) in [5, 5.41) is 9.66. The Labute approximate surface area is 218 Å². The number of carbonyl (C=O) groups is 2. The smallest absolute Gasteiger partial charge is 0.334 e. The quantitative estimate of drug-likeness (QED) is 0.462. The number of hydrogen-bond donors (Lipinski definition) is 2. The summed E-state index contributed by atoms with van der Waals surface area (Å²) in [7, 11) is 2.36. The van der Waals surface area contributed by atoms with E-state index in [0.717, 1.165) is 34.8 Å². The first-order valence-corrected chi connectivity index (χ1v) is 11.8. The lowest BCUT2D eigenvalue weighted by Crippen LogP contribution is -2.48. The number of fused-ring (bicyclic) bond motifs is 3. The van der Waals surface area contributed by atoms with Crippen LogP contribution in [0.15, 0.2) is 53.1 Å². The van der Waals surface area contributed by atoms with Gasteiger partial charge in [-0.1, -0.05) is 5.73 Å². The van der Waals surface area contributed by atoms with Gasteiger partial charge in [0.15, 0.2) is 34.6 Å². The van der Waals surface area contributed by atoms with E-state index in [2.05, 4.69) is 32.0 Å². The number of H-pyrrole nitrogens is 1. The Bertz CT molecular complexity index is 1690. The van der Waals surface area contributed by atoms with E-state index in [9.17, 15) is 9.59 Å². The van der Waals surface area contributed by atoms with Crippen molar-refractivity contribution in [3.8, 4) is 11.5 Å². The van der Waals surface area contributed by atoms with Crippen LogP contribution in [0.1, 0.15) is 18.4 Å². The molecule has 6 rings (SSSR count). The third-order valence-electron chi connectivity index (χ3n) is 6.55. The predicted molar refractivity (Wildman–Crippen MR) is 132 cm³/mol. The molecule has 2 N–H and O–H groups in total. The summed E-state index contributed by atoms with van der Waals surface area (Å²) in [6, 6.07) is -0.0783. The number of methoxy groups -OCH3 is 2. The standard InChI is InChI=1S/C26H19F3N6O4/c1-38-17-8-18(39-2)21(29)23(20(17)28)34-11-12-9-30-24-15(10-31-33-24)22(12)35(26(34)37)16-5-3-4-14(19(16)27)25(36)32-13-6-7-13/h4,8-10,13H,6-7,11H2,1-2H3,(H,32,36)(H,30,31,33). The van der Waals surface area contributed by atoms with E-state index in [1.165, 1.54) is 26.6 Å². The summed E-state index contributed by atoms with van der Waals surface area (Å²) in [6.07, 6.45) is 5.44. The van der Waals surface area contributed by atoms with Gasteiger partial charge in [0.05, 0.1) is 43.6 Å². The van der Waals surface area contributed by atoms with Crippen LogP contribution in [0.2, 0.25) is 0 Å². The Balaban J connectivity index is 1.56. The van der Waals surface area contributed by atoms with Crippen LogP contribution in [0, 0.1) is 11.6 Å². The first kappa shape index (κ1) is 24.4. The number of rotatable bonds is 6. The maximum atomic E-state index is 15.9. The molecule has 1 fully saturated rings. The number of nitrogens with zero attached hydrogens (tertiary/aromatic N) is 4. The summed E-state index contributed by atoms with van der Waals surface area (Å²) in [5.74, 6) is -4.83. The Hall–Kier alpha value is -4.99. The summed E-state index contributed by atoms with van der Waals surface area (Å²) in [4.78, 5) is 32.7. The molecule has 0 unspecified atom stereocenters. The summed E-state index contributed by atoms with van der Waals surface area (Å²) in [6.45, 7) is -0.337. The van der Waals surface area contributed by atoms with Crippen LogP contribution in [0.5, 0.6) is 11.5 Å². The third-order valence-corrected chi connectivity index (χ3v) is 6.55. The number of halogens is 3. The monoisotopic (exact) mass is 536 g/mol. The van der Waals surface area contributed by atoms with Crippen molar-refractivity contribution < 1.29 is 32.2 Å². The molecule has 0 spiro atoms. The lowest BCUT2D eigenvalue weighted by molar-refractivity contribution is -0.117. The largest absolute Gasteiger partial charge is 0.493 e. The van der Waals surface area contributed by atoms with E-state index in [-0.39, 0.29) is 41.0 Å². The van der Waals surface area contributed by atoms with Crippen LogP contribution < -0.4 is 24.6 Å². The number of hydrogen-bond acceptors (Lipinski definition) is 6. The van der Waals surface area contributed by atoms with Gasteiger partial charge < -0.3 is 14.8 Å². The number of urea groups is 1. The van der Waals surface area contributed by atoms with Gasteiger partial charge in [-0.05, 0) is 18.6 Å². The number of amides is 3. The number of carbonyl (C=O) groups excluding carboxylic acids is 2. The van der Waals surface area contributed by atoms with Gasteiger partial charge in [-0.3, -0.25) is 19.7 Å². The van der Waals surface area contributed by atoms with Crippen molar-refractivity contribution in [2.24, 2.45) is 0 Å². The molecule has 1 aromatic carbocycles. The lowest BCUT2D eigenvalue weighted by Gasteiger charge is -2.37. The van der Waals surface area contributed by atoms with E-state index in [1.807, 2.05) is 0 Å². The number of pyridine rings is 1. The molecule has 13 heteroatoms. The van der Waals surface area contributed by atoms with Crippen molar-refractivity contribution >= 4 is 34.3 Å². The fraction of sp³-hybridized carbons (Fsp3) is 0.231. The lowest BCUT2D eigenvalue weighted by atomic mass is 10.0. The molecule has 198 valence electrons. The van der Waals surface area contributed by atoms with Gasteiger partial charge in [0.2, 0.25) is 0 Å². The molecule has 1 saturated carbocycles. The second-order valence-electron chi connectivity index (χ2n) is 8.96. The highest BCUT2D eigenvalue weighted by molar-refractivity contribution is 6.14. The van der Waals surface area contributed by atoms with Crippen molar-refractivity contribution in [2.45, 2.75) is 25.4 Å². The number of anilines is 2. The van der Waals surface area contributed by atoms with Crippen LogP contribution in [0.4, 0.5) is 29.3 Å². The zero-order valence-corrected chi connectivity index (χ0v) is 20.6. The molecule has 0 bridgehead atoms. The number of benzene rings is 1. The van der Waals surface area contributed by atoms with Crippen LogP contribution in [-0.4, -0.2) is 47.4 Å². The minimum Gasteiger partial charge on any atom is -0.493 e. The highest BCUT2D eigenvalue weighted by Gasteiger charge is 2.41. The van der Waals surface area contributed by atoms with Gasteiger partial charge in [0.1, 0.15) is 11.4 Å². The molecule has 39 heavy (non-hydrogen) atoms. The van der Waals surface area contributed by atoms with Gasteiger partial charge in [0.25, 0.3) is 5.91 Å². The number of ether oxygens (including phenoxy) is 2. The minimum atomic E-state index is -1.17. The van der Waals surface area contributed by atoms with E-state index < -0.39 is 40.8 Å². The van der Waals surface area contributed by atoms with Gasteiger partial charge in [-0.2, -0.15) is 5.10 Å². The zero-order chi connectivity index (χ0) is 27.4. The van der Waals surface area contributed by atoms with Gasteiger partial charge in [0, 0.05) is 29.9 Å². The average molecular weight is 536 g/mol. The van der Waals surface area contributed by atoms with Gasteiger partial charge in [-0.25, -0.2) is 22.9 Å². The predicted octanol–water partition coefficient (Wildman–Crippen LogP) is 3.91. The Morgan fingerprint density at radius 3 is 2.51 bits per heavy atom. The molecule has 3 amide bonds. The second kappa shape index (κ2) is 9.09.